The van der Waals surface area contributed by atoms with Crippen LogP contribution >= 0.6 is 0 Å². The molecule has 0 saturated carbocycles. The quantitative estimate of drug-likeness (QED) is 0.496. The summed E-state index contributed by atoms with van der Waals surface area (Å²) in [6.07, 6.45) is 7.07. The fourth-order valence-corrected chi connectivity index (χ4v) is 0.518. The summed E-state index contributed by atoms with van der Waals surface area (Å²) in [7, 11) is 0. The van der Waals surface area contributed by atoms with Crippen molar-refractivity contribution in [2.75, 3.05) is 0 Å². The van der Waals surface area contributed by atoms with E-state index in [0.717, 1.165) is 6.42 Å². The van der Waals surface area contributed by atoms with Crippen LogP contribution in [0.15, 0.2) is 24.8 Å². The second-order valence-electron chi connectivity index (χ2n) is 3.43. The molecule has 0 aliphatic carbocycles. The Bertz CT molecular complexity index is 102. The molecule has 0 fully saturated rings. The highest BCUT2D eigenvalue weighted by atomic mass is 14.1. The van der Waals surface area contributed by atoms with E-state index >= 15 is 0 Å². The van der Waals surface area contributed by atoms with Crippen LogP contribution in [0.5, 0.6) is 0 Å². The second-order valence-corrected chi connectivity index (χ2v) is 3.43. The minimum absolute atomic E-state index is 0.416. The topological polar surface area (TPSA) is 0 Å². The van der Waals surface area contributed by atoms with Crippen molar-refractivity contribution in [3.05, 3.63) is 24.8 Å². The maximum Gasteiger partial charge on any atom is -0.0299 e. The van der Waals surface area contributed by atoms with Crippen LogP contribution in [0.2, 0.25) is 0 Å². The van der Waals surface area contributed by atoms with Crippen molar-refractivity contribution in [1.82, 2.24) is 0 Å². The Kier molecular flexibility index (Phi) is 3.29. The molecule has 0 heterocycles. The molecule has 0 aromatic heterocycles. The summed E-state index contributed by atoms with van der Waals surface area (Å²) in [5, 5.41) is 0. The Balaban J connectivity index is 3.50. The van der Waals surface area contributed by atoms with Crippen molar-refractivity contribution in [2.45, 2.75) is 27.2 Å². The molecule has 0 aromatic carbocycles. The molecule has 0 unspecified atom stereocenters. The largest absolute Gasteiger partial charge is 0.0991 e. The molecule has 9 heavy (non-hydrogen) atoms. The minimum Gasteiger partial charge on any atom is -0.0991 e. The van der Waals surface area contributed by atoms with E-state index in [9.17, 15) is 0 Å². The molecular formula is C9H16. The lowest BCUT2D eigenvalue weighted by atomic mass is 9.92. The third-order valence-corrected chi connectivity index (χ3v) is 1.00. The minimum atomic E-state index is 0.416. The van der Waals surface area contributed by atoms with Gasteiger partial charge in [0.1, 0.15) is 0 Å². The van der Waals surface area contributed by atoms with E-state index in [1.807, 2.05) is 12.2 Å². The van der Waals surface area contributed by atoms with Crippen molar-refractivity contribution in [1.29, 1.82) is 0 Å². The number of rotatable bonds is 2. The van der Waals surface area contributed by atoms with Gasteiger partial charge in [-0.25, -0.2) is 0 Å². The normalized spacial score (nSPS) is 12.3. The van der Waals surface area contributed by atoms with Crippen LogP contribution < -0.4 is 0 Å². The van der Waals surface area contributed by atoms with Crippen molar-refractivity contribution < 1.29 is 0 Å². The van der Waals surface area contributed by atoms with E-state index in [2.05, 4.69) is 33.4 Å². The van der Waals surface area contributed by atoms with Crippen LogP contribution in [-0.4, -0.2) is 0 Å². The predicted octanol–water partition coefficient (Wildman–Crippen LogP) is 3.16. The van der Waals surface area contributed by atoms with Crippen LogP contribution in [0.4, 0.5) is 0 Å². The van der Waals surface area contributed by atoms with Gasteiger partial charge in [0.25, 0.3) is 0 Å². The summed E-state index contributed by atoms with van der Waals surface area (Å²) in [5.41, 5.74) is 0.416. The first-order valence-corrected chi connectivity index (χ1v) is 3.34. The summed E-state index contributed by atoms with van der Waals surface area (Å²) in [4.78, 5) is 0. The van der Waals surface area contributed by atoms with Crippen LogP contribution in [0, 0.1) is 5.41 Å². The van der Waals surface area contributed by atoms with Crippen molar-refractivity contribution in [2.24, 2.45) is 5.41 Å². The molecule has 0 aliphatic heterocycles. The molecule has 0 heteroatoms. The summed E-state index contributed by atoms with van der Waals surface area (Å²) in [6, 6.07) is 0. The number of hydrogen-bond donors (Lipinski definition) is 0. The first-order chi connectivity index (χ1) is 4.06. The van der Waals surface area contributed by atoms with E-state index in [1.54, 1.807) is 0 Å². The highest BCUT2D eigenvalue weighted by Gasteiger charge is 2.05. The number of hydrogen-bond acceptors (Lipinski definition) is 0. The van der Waals surface area contributed by atoms with E-state index in [4.69, 9.17) is 0 Å². The summed E-state index contributed by atoms with van der Waals surface area (Å²) in [6.45, 7) is 10.3. The average Bonchev–Trinajstić information content (AvgIpc) is 1.63. The molecule has 0 aliphatic rings. The zero-order chi connectivity index (χ0) is 7.33. The van der Waals surface area contributed by atoms with Crippen molar-refractivity contribution in [3.63, 3.8) is 0 Å². The molecular weight excluding hydrogens is 108 g/mol. The third kappa shape index (κ3) is 7.48. The van der Waals surface area contributed by atoms with Gasteiger partial charge in [0.2, 0.25) is 0 Å². The fraction of sp³-hybridized carbons (Fsp3) is 0.556. The van der Waals surface area contributed by atoms with Gasteiger partial charge in [-0.3, -0.25) is 0 Å². The Morgan fingerprint density at radius 3 is 2.22 bits per heavy atom. The Hall–Kier alpha value is -0.520. The summed E-state index contributed by atoms with van der Waals surface area (Å²) >= 11 is 0. The molecule has 0 saturated heterocycles. The Morgan fingerprint density at radius 2 is 1.89 bits per heavy atom. The van der Waals surface area contributed by atoms with Gasteiger partial charge in [-0.05, 0) is 11.8 Å². The summed E-state index contributed by atoms with van der Waals surface area (Å²) < 4.78 is 0. The lowest BCUT2D eigenvalue weighted by molar-refractivity contribution is 0.420. The molecule has 0 rings (SSSR count). The molecule has 0 aromatic rings. The third-order valence-electron chi connectivity index (χ3n) is 1.00. The fourth-order valence-electron chi connectivity index (χ4n) is 0.518. The molecule has 0 bridgehead atoms. The predicted molar refractivity (Wildman–Crippen MR) is 43.4 cm³/mol. The van der Waals surface area contributed by atoms with Crippen molar-refractivity contribution in [3.8, 4) is 0 Å². The smallest absolute Gasteiger partial charge is 0.0299 e. The maximum atomic E-state index is 3.59. The lowest BCUT2D eigenvalue weighted by Gasteiger charge is -2.13. The first kappa shape index (κ1) is 8.48. The standard InChI is InChI=1S/C9H16/c1-5-6-7-8-9(2,3)4/h5-7H,1,8H2,2-4H3. The van der Waals surface area contributed by atoms with Gasteiger partial charge < -0.3 is 0 Å². The van der Waals surface area contributed by atoms with Gasteiger partial charge in [0.05, 0.1) is 0 Å². The Labute approximate surface area is 58.3 Å². The van der Waals surface area contributed by atoms with E-state index < -0.39 is 0 Å². The van der Waals surface area contributed by atoms with E-state index in [0.29, 0.717) is 5.41 Å². The second kappa shape index (κ2) is 3.49. The van der Waals surface area contributed by atoms with Gasteiger partial charge in [0, 0.05) is 0 Å². The molecule has 0 N–H and O–H groups in total. The zero-order valence-electron chi connectivity index (χ0n) is 6.65. The van der Waals surface area contributed by atoms with Gasteiger partial charge in [-0.1, -0.05) is 45.6 Å². The van der Waals surface area contributed by atoms with Crippen LogP contribution in [0.3, 0.4) is 0 Å². The van der Waals surface area contributed by atoms with Crippen LogP contribution in [-0.2, 0) is 0 Å². The molecule has 0 radical (unpaired) electrons. The van der Waals surface area contributed by atoms with Crippen molar-refractivity contribution >= 4 is 0 Å². The maximum absolute atomic E-state index is 3.59. The SMILES string of the molecule is C=CC=CCC(C)(C)C. The van der Waals surface area contributed by atoms with E-state index in [-0.39, 0.29) is 0 Å². The molecule has 0 atom stereocenters. The molecule has 0 nitrogen and oxygen atoms in total. The van der Waals surface area contributed by atoms with E-state index in [1.165, 1.54) is 0 Å². The van der Waals surface area contributed by atoms with Gasteiger partial charge in [-0.15, -0.1) is 0 Å². The zero-order valence-corrected chi connectivity index (χ0v) is 6.65. The van der Waals surface area contributed by atoms with Crippen LogP contribution in [0.25, 0.3) is 0 Å². The van der Waals surface area contributed by atoms with Crippen LogP contribution in [0.1, 0.15) is 27.2 Å². The molecule has 0 amide bonds. The van der Waals surface area contributed by atoms with Gasteiger partial charge in [-0.2, -0.15) is 0 Å². The van der Waals surface area contributed by atoms with Gasteiger partial charge >= 0.3 is 0 Å². The highest BCUT2D eigenvalue weighted by Crippen LogP contribution is 2.18. The molecule has 0 spiro atoms. The average molecular weight is 124 g/mol. The highest BCUT2D eigenvalue weighted by molar-refractivity contribution is 4.98. The van der Waals surface area contributed by atoms with Gasteiger partial charge in [0.15, 0.2) is 0 Å². The molecule has 52 valence electrons. The first-order valence-electron chi connectivity index (χ1n) is 3.34. The lowest BCUT2D eigenvalue weighted by Crippen LogP contribution is -2.01. The number of allylic oxidation sites excluding steroid dienone is 3. The monoisotopic (exact) mass is 124 g/mol. The Morgan fingerprint density at radius 1 is 1.33 bits per heavy atom. The summed E-state index contributed by atoms with van der Waals surface area (Å²) in [5.74, 6) is 0.